The molecule has 0 unspecified atom stereocenters. The fourth-order valence-electron chi connectivity index (χ4n) is 4.30. The molecule has 1 aromatic rings. The van der Waals surface area contributed by atoms with E-state index in [0.717, 1.165) is 30.2 Å². The number of halogens is 3. The van der Waals surface area contributed by atoms with Crippen LogP contribution < -0.4 is 0 Å². The first-order chi connectivity index (χ1) is 11.1. The van der Waals surface area contributed by atoms with E-state index in [1.165, 1.54) is 62.7 Å². The molecule has 1 aliphatic heterocycles. The molecule has 23 heavy (non-hydrogen) atoms. The Morgan fingerprint density at radius 3 is 2.09 bits per heavy atom. The fraction of sp³-hybridized carbons (Fsp3) is 0.684. The van der Waals surface area contributed by atoms with Crippen molar-refractivity contribution in [1.29, 1.82) is 0 Å². The molecule has 1 saturated carbocycles. The molecule has 4 heteroatoms. The van der Waals surface area contributed by atoms with Gasteiger partial charge >= 0.3 is 0 Å². The Labute approximate surface area is 144 Å². The van der Waals surface area contributed by atoms with Gasteiger partial charge in [0.2, 0.25) is 0 Å². The van der Waals surface area contributed by atoms with Crippen molar-refractivity contribution in [1.82, 2.24) is 0 Å². The van der Waals surface area contributed by atoms with Crippen molar-refractivity contribution < 1.29 is 8.78 Å². The molecule has 0 bridgehead atoms. The first kappa shape index (κ1) is 17.4. The highest BCUT2D eigenvalue weighted by atomic mass is 35.6. The van der Waals surface area contributed by atoms with Gasteiger partial charge in [0.1, 0.15) is 0 Å². The summed E-state index contributed by atoms with van der Waals surface area (Å²) in [5, 5.41) is 0. The number of rotatable bonds is 4. The SMILES string of the molecule is Fc1ccc(C2CCC(CCC3CC[Si](Cl)CC3)CC2)cc1F. The van der Waals surface area contributed by atoms with Crippen LogP contribution in [0, 0.1) is 23.5 Å². The predicted molar refractivity (Wildman–Crippen MR) is 94.2 cm³/mol. The summed E-state index contributed by atoms with van der Waals surface area (Å²) in [6.07, 6.45) is 10.1. The Balaban J connectivity index is 1.42. The van der Waals surface area contributed by atoms with Gasteiger partial charge in [0.25, 0.3) is 0 Å². The van der Waals surface area contributed by atoms with Gasteiger partial charge in [0.05, 0.1) is 0 Å². The zero-order chi connectivity index (χ0) is 16.2. The van der Waals surface area contributed by atoms with Gasteiger partial charge in [-0.05, 0) is 73.2 Å². The van der Waals surface area contributed by atoms with Crippen molar-refractivity contribution in [3.8, 4) is 0 Å². The Kier molecular flexibility index (Phi) is 6.14. The molecule has 2 aliphatic rings. The Hall–Kier alpha value is -0.413. The lowest BCUT2D eigenvalue weighted by Gasteiger charge is -2.31. The maximum Gasteiger partial charge on any atom is 0.165 e. The summed E-state index contributed by atoms with van der Waals surface area (Å²) in [7, 11) is -0.497. The van der Waals surface area contributed by atoms with E-state index in [1.54, 1.807) is 6.07 Å². The monoisotopic (exact) mass is 355 g/mol. The average Bonchev–Trinajstić information content (AvgIpc) is 2.57. The van der Waals surface area contributed by atoms with Crippen LogP contribution in [0.3, 0.4) is 0 Å². The van der Waals surface area contributed by atoms with Crippen LogP contribution in [-0.4, -0.2) is 8.11 Å². The van der Waals surface area contributed by atoms with Gasteiger partial charge in [0.15, 0.2) is 19.7 Å². The summed E-state index contributed by atoms with van der Waals surface area (Å²) < 4.78 is 26.4. The summed E-state index contributed by atoms with van der Waals surface area (Å²) in [5.74, 6) is 0.710. The minimum Gasteiger partial charge on any atom is -0.204 e. The minimum absolute atomic E-state index is 0.414. The molecule has 1 heterocycles. The Bertz CT molecular complexity index is 506. The molecule has 1 radical (unpaired) electrons. The van der Waals surface area contributed by atoms with Gasteiger partial charge in [-0.15, -0.1) is 0 Å². The molecule has 3 rings (SSSR count). The second kappa shape index (κ2) is 8.11. The van der Waals surface area contributed by atoms with Crippen LogP contribution in [-0.2, 0) is 0 Å². The summed E-state index contributed by atoms with van der Waals surface area (Å²) in [5.41, 5.74) is 0.978. The van der Waals surface area contributed by atoms with Crippen LogP contribution in [0.1, 0.15) is 62.8 Å². The molecule has 0 amide bonds. The molecular weight excluding hydrogens is 330 g/mol. The van der Waals surface area contributed by atoms with Crippen LogP contribution in [0.4, 0.5) is 8.78 Å². The largest absolute Gasteiger partial charge is 0.204 e. The smallest absolute Gasteiger partial charge is 0.165 e. The van der Waals surface area contributed by atoms with E-state index in [2.05, 4.69) is 0 Å². The Morgan fingerprint density at radius 2 is 1.48 bits per heavy atom. The molecule has 1 aromatic carbocycles. The molecule has 127 valence electrons. The van der Waals surface area contributed by atoms with Crippen LogP contribution >= 0.6 is 11.1 Å². The molecule has 0 N–H and O–H groups in total. The highest BCUT2D eigenvalue weighted by Crippen LogP contribution is 2.39. The maximum atomic E-state index is 13.4. The van der Waals surface area contributed by atoms with E-state index < -0.39 is 19.7 Å². The van der Waals surface area contributed by atoms with Crippen LogP contribution in [0.2, 0.25) is 12.1 Å². The lowest BCUT2D eigenvalue weighted by Crippen LogP contribution is -2.18. The van der Waals surface area contributed by atoms with E-state index in [1.807, 2.05) is 0 Å². The van der Waals surface area contributed by atoms with E-state index in [4.69, 9.17) is 11.1 Å². The van der Waals surface area contributed by atoms with Gasteiger partial charge in [-0.2, -0.15) is 11.1 Å². The standard InChI is InChI=1S/C19H26ClF2Si/c20-23-11-9-15(10-12-23)2-1-14-3-5-16(6-4-14)17-7-8-18(21)19(22)13-17/h7-8,13-16H,1-6,9-12H2. The van der Waals surface area contributed by atoms with Gasteiger partial charge in [-0.25, -0.2) is 8.78 Å². The van der Waals surface area contributed by atoms with Crippen molar-refractivity contribution in [3.63, 3.8) is 0 Å². The van der Waals surface area contributed by atoms with Gasteiger partial charge in [-0.1, -0.05) is 31.7 Å². The summed E-state index contributed by atoms with van der Waals surface area (Å²) >= 11 is 6.28. The molecule has 0 atom stereocenters. The summed E-state index contributed by atoms with van der Waals surface area (Å²) in [6, 6.07) is 7.01. The van der Waals surface area contributed by atoms with E-state index in [9.17, 15) is 8.78 Å². The third-order valence-electron chi connectivity index (χ3n) is 5.89. The number of hydrogen-bond acceptors (Lipinski definition) is 0. The normalized spacial score (nSPS) is 27.3. The van der Waals surface area contributed by atoms with Crippen molar-refractivity contribution in [2.45, 2.75) is 69.4 Å². The van der Waals surface area contributed by atoms with Gasteiger partial charge in [0, 0.05) is 0 Å². The highest BCUT2D eigenvalue weighted by Gasteiger charge is 2.25. The number of hydrogen-bond donors (Lipinski definition) is 0. The maximum absolute atomic E-state index is 13.4. The predicted octanol–water partition coefficient (Wildman–Crippen LogP) is 6.66. The third-order valence-corrected chi connectivity index (χ3v) is 8.69. The summed E-state index contributed by atoms with van der Waals surface area (Å²) in [6.45, 7) is 0. The van der Waals surface area contributed by atoms with Crippen LogP contribution in [0.25, 0.3) is 0 Å². The average molecular weight is 356 g/mol. The molecule has 0 nitrogen and oxygen atoms in total. The summed E-state index contributed by atoms with van der Waals surface area (Å²) in [4.78, 5) is 0. The molecule has 1 saturated heterocycles. The molecule has 0 spiro atoms. The van der Waals surface area contributed by atoms with E-state index in [-0.39, 0.29) is 0 Å². The highest BCUT2D eigenvalue weighted by molar-refractivity contribution is 7.07. The first-order valence-corrected chi connectivity index (χ1v) is 12.0. The van der Waals surface area contributed by atoms with Crippen molar-refractivity contribution >= 4 is 19.2 Å². The topological polar surface area (TPSA) is 0 Å². The van der Waals surface area contributed by atoms with Crippen LogP contribution in [0.5, 0.6) is 0 Å². The quantitative estimate of drug-likeness (QED) is 0.418. The first-order valence-electron chi connectivity index (χ1n) is 9.07. The second-order valence-corrected chi connectivity index (χ2v) is 11.1. The lowest BCUT2D eigenvalue weighted by atomic mass is 9.76. The molecular formula is C19H26ClF2Si. The van der Waals surface area contributed by atoms with Crippen molar-refractivity contribution in [2.24, 2.45) is 11.8 Å². The van der Waals surface area contributed by atoms with Gasteiger partial charge < -0.3 is 0 Å². The van der Waals surface area contributed by atoms with E-state index in [0.29, 0.717) is 5.92 Å². The third kappa shape index (κ3) is 4.79. The van der Waals surface area contributed by atoms with Crippen molar-refractivity contribution in [2.75, 3.05) is 0 Å². The molecule has 0 aromatic heterocycles. The lowest BCUT2D eigenvalue weighted by molar-refractivity contribution is 0.280. The zero-order valence-electron chi connectivity index (χ0n) is 13.7. The van der Waals surface area contributed by atoms with E-state index >= 15 is 0 Å². The number of benzene rings is 1. The zero-order valence-corrected chi connectivity index (χ0v) is 15.4. The molecule has 1 aliphatic carbocycles. The van der Waals surface area contributed by atoms with Crippen molar-refractivity contribution in [3.05, 3.63) is 35.4 Å². The van der Waals surface area contributed by atoms with Crippen LogP contribution in [0.15, 0.2) is 18.2 Å². The second-order valence-electron chi connectivity index (χ2n) is 7.43. The van der Waals surface area contributed by atoms with Gasteiger partial charge in [-0.3, -0.25) is 0 Å². The minimum atomic E-state index is -0.739. The Morgan fingerprint density at radius 1 is 0.870 bits per heavy atom. The fourth-order valence-corrected chi connectivity index (χ4v) is 6.65. The molecule has 2 fully saturated rings.